The first-order valence-electron chi connectivity index (χ1n) is 6.99. The van der Waals surface area contributed by atoms with Crippen LogP contribution in [0, 0.1) is 6.92 Å². The summed E-state index contributed by atoms with van der Waals surface area (Å²) in [5.41, 5.74) is 8.99. The first-order valence-corrected chi connectivity index (χ1v) is 6.99. The zero-order chi connectivity index (χ0) is 14.8. The minimum atomic E-state index is -0.112. The van der Waals surface area contributed by atoms with Crippen LogP contribution in [0.15, 0.2) is 28.8 Å². The van der Waals surface area contributed by atoms with Gasteiger partial charge in [0, 0.05) is 24.0 Å². The van der Waals surface area contributed by atoms with Crippen LogP contribution in [0.1, 0.15) is 17.7 Å². The molecule has 0 atom stereocenters. The maximum Gasteiger partial charge on any atom is 0.245 e. The van der Waals surface area contributed by atoms with Gasteiger partial charge in [0.1, 0.15) is 5.76 Å². The summed E-state index contributed by atoms with van der Waals surface area (Å²) < 4.78 is 4.93. The van der Waals surface area contributed by atoms with Crippen LogP contribution in [-0.4, -0.2) is 24.2 Å². The average molecular weight is 323 g/mol. The third kappa shape index (κ3) is 3.33. The number of nitrogen functional groups attached to an aromatic ring is 1. The minimum absolute atomic E-state index is 0. The smallest absolute Gasteiger partial charge is 0.245 e. The Labute approximate surface area is 135 Å². The van der Waals surface area contributed by atoms with Gasteiger partial charge in [-0.05, 0) is 37.5 Å². The lowest BCUT2D eigenvalue weighted by Gasteiger charge is -2.31. The van der Waals surface area contributed by atoms with Gasteiger partial charge in [-0.25, -0.2) is 0 Å². The minimum Gasteiger partial charge on any atom is -0.398 e. The number of hydrogen-bond donors (Lipinski definition) is 2. The summed E-state index contributed by atoms with van der Waals surface area (Å²) in [4.78, 5) is 14.2. The SMILES string of the molecule is Cc1cc(NC(=O)CN2CCCc3c(N)cccc32)no1.Cl. The van der Waals surface area contributed by atoms with Crippen molar-refractivity contribution in [2.75, 3.05) is 29.0 Å². The summed E-state index contributed by atoms with van der Waals surface area (Å²) in [6, 6.07) is 7.53. The summed E-state index contributed by atoms with van der Waals surface area (Å²) in [5.74, 6) is 1.00. The Morgan fingerprint density at radius 2 is 2.32 bits per heavy atom. The van der Waals surface area contributed by atoms with Crippen molar-refractivity contribution in [2.45, 2.75) is 19.8 Å². The third-order valence-corrected chi connectivity index (χ3v) is 3.61. The molecule has 0 radical (unpaired) electrons. The van der Waals surface area contributed by atoms with E-state index in [-0.39, 0.29) is 24.9 Å². The van der Waals surface area contributed by atoms with E-state index in [4.69, 9.17) is 10.3 Å². The number of nitrogens with zero attached hydrogens (tertiary/aromatic N) is 2. The van der Waals surface area contributed by atoms with Crippen molar-refractivity contribution in [2.24, 2.45) is 0 Å². The van der Waals surface area contributed by atoms with Gasteiger partial charge in [0.25, 0.3) is 0 Å². The highest BCUT2D eigenvalue weighted by Crippen LogP contribution is 2.30. The van der Waals surface area contributed by atoms with Crippen LogP contribution in [-0.2, 0) is 11.2 Å². The first kappa shape index (κ1) is 16.2. The van der Waals surface area contributed by atoms with Crippen LogP contribution in [0.2, 0.25) is 0 Å². The molecule has 7 heteroatoms. The van der Waals surface area contributed by atoms with Crippen LogP contribution in [0.5, 0.6) is 0 Å². The summed E-state index contributed by atoms with van der Waals surface area (Å²) in [7, 11) is 0. The Balaban J connectivity index is 0.00000176. The van der Waals surface area contributed by atoms with Gasteiger partial charge in [0.05, 0.1) is 6.54 Å². The number of aromatic nitrogens is 1. The van der Waals surface area contributed by atoms with Crippen LogP contribution in [0.3, 0.4) is 0 Å². The molecule has 118 valence electrons. The van der Waals surface area contributed by atoms with Crippen molar-refractivity contribution < 1.29 is 9.32 Å². The summed E-state index contributed by atoms with van der Waals surface area (Å²) in [6.45, 7) is 2.91. The van der Waals surface area contributed by atoms with E-state index in [1.165, 1.54) is 0 Å². The Kier molecular flexibility index (Phi) is 4.92. The van der Waals surface area contributed by atoms with Crippen molar-refractivity contribution in [3.05, 3.63) is 35.6 Å². The number of aryl methyl sites for hydroxylation is 1. The van der Waals surface area contributed by atoms with Crippen LogP contribution in [0.4, 0.5) is 17.2 Å². The lowest BCUT2D eigenvalue weighted by atomic mass is 10.00. The van der Waals surface area contributed by atoms with Gasteiger partial charge in [-0.1, -0.05) is 11.2 Å². The molecule has 1 aliphatic rings. The van der Waals surface area contributed by atoms with E-state index in [0.717, 1.165) is 36.3 Å². The van der Waals surface area contributed by atoms with E-state index < -0.39 is 0 Å². The zero-order valence-electron chi connectivity index (χ0n) is 12.3. The highest BCUT2D eigenvalue weighted by Gasteiger charge is 2.20. The van der Waals surface area contributed by atoms with Gasteiger partial charge in [0.2, 0.25) is 5.91 Å². The number of nitrogens with one attached hydrogen (secondary N) is 1. The molecular weight excluding hydrogens is 304 g/mol. The fourth-order valence-electron chi connectivity index (χ4n) is 2.67. The van der Waals surface area contributed by atoms with Crippen molar-refractivity contribution >= 4 is 35.5 Å². The average Bonchev–Trinajstić information content (AvgIpc) is 2.85. The molecule has 1 amide bonds. The van der Waals surface area contributed by atoms with E-state index >= 15 is 0 Å². The highest BCUT2D eigenvalue weighted by molar-refractivity contribution is 5.93. The van der Waals surface area contributed by atoms with Crippen molar-refractivity contribution in [3.8, 4) is 0 Å². The number of fused-ring (bicyclic) bond motifs is 1. The second-order valence-corrected chi connectivity index (χ2v) is 5.24. The van der Waals surface area contributed by atoms with Crippen molar-refractivity contribution in [1.29, 1.82) is 0 Å². The van der Waals surface area contributed by atoms with Crippen LogP contribution < -0.4 is 16.0 Å². The Hall–Kier alpha value is -2.21. The lowest BCUT2D eigenvalue weighted by molar-refractivity contribution is -0.115. The molecule has 2 heterocycles. The lowest BCUT2D eigenvalue weighted by Crippen LogP contribution is -2.37. The molecule has 0 bridgehead atoms. The van der Waals surface area contributed by atoms with E-state index in [0.29, 0.717) is 11.6 Å². The molecule has 3 N–H and O–H groups in total. The monoisotopic (exact) mass is 322 g/mol. The number of hydrogen-bond acceptors (Lipinski definition) is 5. The Bertz CT molecular complexity index is 671. The molecule has 0 unspecified atom stereocenters. The van der Waals surface area contributed by atoms with Gasteiger partial charge >= 0.3 is 0 Å². The van der Waals surface area contributed by atoms with E-state index in [9.17, 15) is 4.79 Å². The number of rotatable bonds is 3. The molecule has 3 rings (SSSR count). The maximum atomic E-state index is 12.1. The predicted octanol–water partition coefficient (Wildman–Crippen LogP) is 2.38. The van der Waals surface area contributed by atoms with Crippen LogP contribution in [0.25, 0.3) is 0 Å². The van der Waals surface area contributed by atoms with Gasteiger partial charge in [0.15, 0.2) is 5.82 Å². The summed E-state index contributed by atoms with van der Waals surface area (Å²) >= 11 is 0. The summed E-state index contributed by atoms with van der Waals surface area (Å²) in [5, 5.41) is 6.50. The summed E-state index contributed by atoms with van der Waals surface area (Å²) in [6.07, 6.45) is 1.96. The standard InChI is InChI=1S/C15H18N4O2.ClH/c1-10-8-14(18-21-10)17-15(20)9-19-7-3-4-11-12(16)5-2-6-13(11)19;/h2,5-6,8H,3-4,7,9,16H2,1H3,(H,17,18,20);1H. The molecule has 0 saturated heterocycles. The Morgan fingerprint density at radius 3 is 3.05 bits per heavy atom. The van der Waals surface area contributed by atoms with Gasteiger partial charge in [-0.2, -0.15) is 0 Å². The maximum absolute atomic E-state index is 12.1. The quantitative estimate of drug-likeness (QED) is 0.847. The van der Waals surface area contributed by atoms with E-state index in [2.05, 4.69) is 15.4 Å². The molecule has 2 aromatic rings. The molecule has 6 nitrogen and oxygen atoms in total. The number of halogens is 1. The molecule has 0 saturated carbocycles. The molecule has 22 heavy (non-hydrogen) atoms. The van der Waals surface area contributed by atoms with Gasteiger partial charge in [-0.3, -0.25) is 4.79 Å². The topological polar surface area (TPSA) is 84.4 Å². The number of anilines is 3. The molecule has 1 aromatic carbocycles. The largest absolute Gasteiger partial charge is 0.398 e. The molecular formula is C15H19ClN4O2. The molecule has 0 fully saturated rings. The Morgan fingerprint density at radius 1 is 1.50 bits per heavy atom. The predicted molar refractivity (Wildman–Crippen MR) is 88.5 cm³/mol. The zero-order valence-corrected chi connectivity index (χ0v) is 13.2. The van der Waals surface area contributed by atoms with Crippen molar-refractivity contribution in [1.82, 2.24) is 5.16 Å². The van der Waals surface area contributed by atoms with Crippen molar-refractivity contribution in [3.63, 3.8) is 0 Å². The van der Waals surface area contributed by atoms with Crippen LogP contribution >= 0.6 is 12.4 Å². The number of nitrogens with two attached hydrogens (primary N) is 1. The number of amides is 1. The molecule has 0 spiro atoms. The van der Waals surface area contributed by atoms with Gasteiger partial charge in [-0.15, -0.1) is 12.4 Å². The number of carbonyl (C=O) groups is 1. The van der Waals surface area contributed by atoms with Gasteiger partial charge < -0.3 is 20.5 Å². The first-order chi connectivity index (χ1) is 10.1. The van der Waals surface area contributed by atoms with E-state index in [1.54, 1.807) is 13.0 Å². The third-order valence-electron chi connectivity index (χ3n) is 3.61. The van der Waals surface area contributed by atoms with E-state index in [1.807, 2.05) is 18.2 Å². The fourth-order valence-corrected chi connectivity index (χ4v) is 2.67. The second-order valence-electron chi connectivity index (χ2n) is 5.24. The highest BCUT2D eigenvalue weighted by atomic mass is 35.5. The molecule has 1 aromatic heterocycles. The number of carbonyl (C=O) groups excluding carboxylic acids is 1. The molecule has 1 aliphatic heterocycles. The second kappa shape index (κ2) is 6.70. The fraction of sp³-hybridized carbons (Fsp3) is 0.333. The molecule has 0 aliphatic carbocycles. The number of benzene rings is 1. The normalized spacial score (nSPS) is 13.2.